The van der Waals surface area contributed by atoms with Gasteiger partial charge in [0.05, 0.1) is 25.4 Å². The standard InChI is InChI=1S/C24H42N2O2/c1-7-10-11-13-23(12-8-2)28-18-21(5)25-24(9-3)22-16-20(4)14-15-27-19-26(6)17-22/h9,16-17,23-24H,3,7-8,10-15,18-19H2,1-2,4-6H3/t23?,24-/m1/s1. The average Bonchev–Trinajstić information content (AvgIpc) is 2.74. The van der Waals surface area contributed by atoms with Crippen molar-refractivity contribution < 1.29 is 9.47 Å². The molecule has 0 spiro atoms. The zero-order chi connectivity index (χ0) is 20.8. The summed E-state index contributed by atoms with van der Waals surface area (Å²) in [6, 6.07) is -0.0659. The Morgan fingerprint density at radius 2 is 2.11 bits per heavy atom. The van der Waals surface area contributed by atoms with E-state index in [2.05, 4.69) is 51.4 Å². The Balaban J connectivity index is 2.78. The number of hydrogen-bond donors (Lipinski definition) is 0. The maximum atomic E-state index is 6.20. The Kier molecular flexibility index (Phi) is 12.8. The number of unbranched alkanes of at least 4 members (excludes halogenated alkanes) is 2. The van der Waals surface area contributed by atoms with E-state index in [9.17, 15) is 0 Å². The summed E-state index contributed by atoms with van der Waals surface area (Å²) in [5.74, 6) is 0. The lowest BCUT2D eigenvalue weighted by Crippen LogP contribution is -2.20. The van der Waals surface area contributed by atoms with Crippen LogP contribution in [0.4, 0.5) is 0 Å². The number of nitrogens with zero attached hydrogens (tertiary/aromatic N) is 2. The van der Waals surface area contributed by atoms with Crippen molar-refractivity contribution in [2.75, 3.05) is 27.0 Å². The van der Waals surface area contributed by atoms with Crippen LogP contribution < -0.4 is 0 Å². The van der Waals surface area contributed by atoms with Crippen LogP contribution in [0.25, 0.3) is 0 Å². The van der Waals surface area contributed by atoms with Gasteiger partial charge in [0.25, 0.3) is 0 Å². The summed E-state index contributed by atoms with van der Waals surface area (Å²) in [5.41, 5.74) is 3.47. The molecule has 1 aliphatic rings. The van der Waals surface area contributed by atoms with E-state index >= 15 is 0 Å². The van der Waals surface area contributed by atoms with Gasteiger partial charge in [-0.25, -0.2) is 0 Å². The van der Waals surface area contributed by atoms with E-state index in [0.29, 0.717) is 19.4 Å². The molecule has 4 heteroatoms. The fourth-order valence-electron chi connectivity index (χ4n) is 3.32. The zero-order valence-corrected chi connectivity index (χ0v) is 18.9. The number of rotatable bonds is 12. The molecule has 0 aromatic rings. The molecule has 0 aliphatic carbocycles. The molecular formula is C24H42N2O2. The summed E-state index contributed by atoms with van der Waals surface area (Å²) in [7, 11) is 2.03. The lowest BCUT2D eigenvalue weighted by Gasteiger charge is -2.19. The minimum absolute atomic E-state index is 0.0659. The molecular weight excluding hydrogens is 348 g/mol. The third kappa shape index (κ3) is 10.2. The molecule has 0 saturated carbocycles. The molecule has 1 aliphatic heterocycles. The Labute approximate surface area is 173 Å². The van der Waals surface area contributed by atoms with Gasteiger partial charge in [0.15, 0.2) is 0 Å². The van der Waals surface area contributed by atoms with Gasteiger partial charge < -0.3 is 14.4 Å². The highest BCUT2D eigenvalue weighted by Crippen LogP contribution is 2.18. The SMILES string of the molecule is C=C[C@@H](N=C(C)COC(CCC)CCCCC)C1=CN(C)COCCC(C)=C1. The van der Waals surface area contributed by atoms with E-state index in [1.807, 2.05) is 13.1 Å². The largest absolute Gasteiger partial charge is 0.372 e. The summed E-state index contributed by atoms with van der Waals surface area (Å²) in [6.07, 6.45) is 14.8. The van der Waals surface area contributed by atoms with Crippen LogP contribution >= 0.6 is 0 Å². The molecule has 1 rings (SSSR count). The van der Waals surface area contributed by atoms with Crippen LogP contribution in [0, 0.1) is 0 Å². The highest BCUT2D eigenvalue weighted by molar-refractivity contribution is 5.83. The molecule has 0 fully saturated rings. The topological polar surface area (TPSA) is 34.1 Å². The van der Waals surface area contributed by atoms with Crippen molar-refractivity contribution in [2.24, 2.45) is 4.99 Å². The monoisotopic (exact) mass is 390 g/mol. The molecule has 0 radical (unpaired) electrons. The third-order valence-electron chi connectivity index (χ3n) is 4.91. The predicted octanol–water partition coefficient (Wildman–Crippen LogP) is 5.91. The van der Waals surface area contributed by atoms with Crippen LogP contribution in [0.2, 0.25) is 0 Å². The van der Waals surface area contributed by atoms with Crippen molar-refractivity contribution in [3.05, 3.63) is 36.1 Å². The summed E-state index contributed by atoms with van der Waals surface area (Å²) in [5, 5.41) is 0. The number of ether oxygens (including phenoxy) is 2. The first-order valence-corrected chi connectivity index (χ1v) is 10.9. The summed E-state index contributed by atoms with van der Waals surface area (Å²) in [4.78, 5) is 6.98. The Hall–Kier alpha value is -1.39. The van der Waals surface area contributed by atoms with E-state index in [1.54, 1.807) is 0 Å². The smallest absolute Gasteiger partial charge is 0.118 e. The second-order valence-corrected chi connectivity index (χ2v) is 7.93. The second-order valence-electron chi connectivity index (χ2n) is 7.93. The molecule has 28 heavy (non-hydrogen) atoms. The summed E-state index contributed by atoms with van der Waals surface area (Å²) >= 11 is 0. The molecule has 0 bridgehead atoms. The molecule has 160 valence electrons. The average molecular weight is 391 g/mol. The number of aliphatic imine (C=N–C) groups is 1. The van der Waals surface area contributed by atoms with Crippen molar-refractivity contribution >= 4 is 5.71 Å². The Morgan fingerprint density at radius 3 is 2.79 bits per heavy atom. The van der Waals surface area contributed by atoms with Crippen molar-refractivity contribution in [1.82, 2.24) is 4.90 Å². The molecule has 2 atom stereocenters. The maximum Gasteiger partial charge on any atom is 0.118 e. The van der Waals surface area contributed by atoms with Crippen molar-refractivity contribution in [2.45, 2.75) is 84.8 Å². The van der Waals surface area contributed by atoms with E-state index in [4.69, 9.17) is 14.5 Å². The molecule has 0 aromatic carbocycles. The van der Waals surface area contributed by atoms with Gasteiger partial charge in [0, 0.05) is 19.0 Å². The maximum absolute atomic E-state index is 6.20. The molecule has 1 unspecified atom stereocenters. The van der Waals surface area contributed by atoms with Crippen LogP contribution in [0.15, 0.2) is 41.1 Å². The van der Waals surface area contributed by atoms with E-state index in [-0.39, 0.29) is 6.04 Å². The minimum Gasteiger partial charge on any atom is -0.372 e. The molecule has 0 N–H and O–H groups in total. The summed E-state index contributed by atoms with van der Waals surface area (Å²) in [6.45, 7) is 14.6. The highest BCUT2D eigenvalue weighted by atomic mass is 16.5. The number of hydrogen-bond acceptors (Lipinski definition) is 4. The van der Waals surface area contributed by atoms with Gasteiger partial charge in [-0.15, -0.1) is 6.58 Å². The lowest BCUT2D eigenvalue weighted by molar-refractivity contribution is 0.0653. The van der Waals surface area contributed by atoms with Gasteiger partial charge in [-0.05, 0) is 38.7 Å². The minimum atomic E-state index is -0.0659. The van der Waals surface area contributed by atoms with Gasteiger partial charge in [-0.3, -0.25) is 4.99 Å². The molecule has 0 saturated heterocycles. The first-order chi connectivity index (χ1) is 13.5. The fraction of sp³-hybridized carbons (Fsp3) is 0.708. The predicted molar refractivity (Wildman–Crippen MR) is 121 cm³/mol. The lowest BCUT2D eigenvalue weighted by atomic mass is 10.0. The van der Waals surface area contributed by atoms with Gasteiger partial charge in [0.2, 0.25) is 0 Å². The van der Waals surface area contributed by atoms with Crippen molar-refractivity contribution in [3.63, 3.8) is 0 Å². The molecule has 0 amide bonds. The van der Waals surface area contributed by atoms with Crippen LogP contribution in [0.5, 0.6) is 0 Å². The zero-order valence-electron chi connectivity index (χ0n) is 18.9. The van der Waals surface area contributed by atoms with Crippen LogP contribution in [-0.4, -0.2) is 49.7 Å². The van der Waals surface area contributed by atoms with Crippen LogP contribution in [0.1, 0.15) is 72.6 Å². The summed E-state index contributed by atoms with van der Waals surface area (Å²) < 4.78 is 11.9. The first kappa shape index (κ1) is 24.6. The molecule has 4 nitrogen and oxygen atoms in total. The van der Waals surface area contributed by atoms with Gasteiger partial charge in [-0.2, -0.15) is 0 Å². The molecule has 1 heterocycles. The Morgan fingerprint density at radius 1 is 1.32 bits per heavy atom. The van der Waals surface area contributed by atoms with E-state index in [1.165, 1.54) is 24.8 Å². The van der Waals surface area contributed by atoms with Gasteiger partial charge >= 0.3 is 0 Å². The van der Waals surface area contributed by atoms with Crippen molar-refractivity contribution in [3.8, 4) is 0 Å². The van der Waals surface area contributed by atoms with Gasteiger partial charge in [0.1, 0.15) is 6.73 Å². The van der Waals surface area contributed by atoms with Crippen LogP contribution in [-0.2, 0) is 9.47 Å². The first-order valence-electron chi connectivity index (χ1n) is 10.9. The quantitative estimate of drug-likeness (QED) is 0.236. The normalized spacial score (nSPS) is 18.5. The highest BCUT2D eigenvalue weighted by Gasteiger charge is 2.13. The van der Waals surface area contributed by atoms with Crippen LogP contribution in [0.3, 0.4) is 0 Å². The molecule has 0 aromatic heterocycles. The van der Waals surface area contributed by atoms with Gasteiger partial charge in [-0.1, -0.05) is 57.3 Å². The second kappa shape index (κ2) is 14.6. The van der Waals surface area contributed by atoms with Crippen molar-refractivity contribution in [1.29, 1.82) is 0 Å². The third-order valence-corrected chi connectivity index (χ3v) is 4.91. The Bertz CT molecular complexity index is 537. The van der Waals surface area contributed by atoms with E-state index < -0.39 is 0 Å². The van der Waals surface area contributed by atoms with E-state index in [0.717, 1.165) is 43.6 Å². The fourth-order valence-corrected chi connectivity index (χ4v) is 3.32.